The number of hydrogen-bond donors (Lipinski definition) is 9. The number of carbonyl (C=O) groups is 1. The lowest BCUT2D eigenvalue weighted by Crippen LogP contribution is -2.65. The predicted octanol–water partition coefficient (Wildman–Crippen LogP) is 4.76. The van der Waals surface area contributed by atoms with E-state index in [-0.39, 0.29) is 18.9 Å². The minimum Gasteiger partial charge on any atom is -0.394 e. The fraction of sp³-hybridized carbons (Fsp3) is 0.848. The van der Waals surface area contributed by atoms with E-state index in [1.807, 2.05) is 6.08 Å². The molecule has 0 aromatic carbocycles. The Hall–Kier alpha value is -1.79. The monoisotopic (exact) mass is 858 g/mol. The number of rotatable bonds is 34. The van der Waals surface area contributed by atoms with Crippen molar-refractivity contribution in [3.05, 3.63) is 36.5 Å². The molecule has 60 heavy (non-hydrogen) atoms. The van der Waals surface area contributed by atoms with Crippen LogP contribution in [0.2, 0.25) is 0 Å². The van der Waals surface area contributed by atoms with Crippen molar-refractivity contribution in [2.45, 2.75) is 229 Å². The Bertz CT molecular complexity index is 1150. The number of allylic oxidation sites excluding steroid dienone is 5. The Morgan fingerprint density at radius 3 is 1.63 bits per heavy atom. The average molecular weight is 858 g/mol. The fourth-order valence-electron chi connectivity index (χ4n) is 7.44. The van der Waals surface area contributed by atoms with E-state index in [2.05, 4.69) is 43.5 Å². The van der Waals surface area contributed by atoms with Crippen molar-refractivity contribution in [1.29, 1.82) is 0 Å². The SMILES string of the molecule is CCCCCCCCCCCC/C=C/CC/C=C/CC/C=C/C(O)C(COC1OC(CO)C(OC2OC(CO)C(O)C(O)C2O)C(O)C1O)NC(=O)CCCCCCCC. The number of hydrogen-bond acceptors (Lipinski definition) is 13. The summed E-state index contributed by atoms with van der Waals surface area (Å²) >= 11 is 0. The van der Waals surface area contributed by atoms with E-state index >= 15 is 0 Å². The zero-order chi connectivity index (χ0) is 44.0. The smallest absolute Gasteiger partial charge is 0.220 e. The first kappa shape index (κ1) is 54.3. The van der Waals surface area contributed by atoms with Gasteiger partial charge in [-0.3, -0.25) is 4.79 Å². The molecule has 0 aromatic rings. The van der Waals surface area contributed by atoms with Gasteiger partial charge in [0, 0.05) is 6.42 Å². The first-order chi connectivity index (χ1) is 29.1. The van der Waals surface area contributed by atoms with Crippen LogP contribution in [0, 0.1) is 0 Å². The van der Waals surface area contributed by atoms with Crippen LogP contribution in [0.15, 0.2) is 36.5 Å². The van der Waals surface area contributed by atoms with E-state index in [0.29, 0.717) is 12.8 Å². The molecule has 2 aliphatic heterocycles. The van der Waals surface area contributed by atoms with Crippen molar-refractivity contribution in [2.75, 3.05) is 19.8 Å². The van der Waals surface area contributed by atoms with Crippen LogP contribution in [-0.2, 0) is 23.7 Å². The molecule has 2 aliphatic rings. The highest BCUT2D eigenvalue weighted by molar-refractivity contribution is 5.76. The number of aliphatic hydroxyl groups excluding tert-OH is 8. The molecule has 14 nitrogen and oxygen atoms in total. The van der Waals surface area contributed by atoms with Crippen LogP contribution in [0.3, 0.4) is 0 Å². The van der Waals surface area contributed by atoms with Crippen molar-refractivity contribution in [1.82, 2.24) is 5.32 Å². The number of carbonyl (C=O) groups excluding carboxylic acids is 1. The van der Waals surface area contributed by atoms with Crippen molar-refractivity contribution < 1.29 is 64.6 Å². The third-order valence-corrected chi connectivity index (χ3v) is 11.3. The van der Waals surface area contributed by atoms with Crippen molar-refractivity contribution in [3.8, 4) is 0 Å². The molecule has 0 spiro atoms. The van der Waals surface area contributed by atoms with Gasteiger partial charge in [-0.15, -0.1) is 0 Å². The van der Waals surface area contributed by atoms with Crippen LogP contribution in [0.1, 0.15) is 155 Å². The van der Waals surface area contributed by atoms with E-state index < -0.39 is 86.8 Å². The van der Waals surface area contributed by atoms with Crippen LogP contribution >= 0.6 is 0 Å². The molecule has 12 unspecified atom stereocenters. The maximum atomic E-state index is 12.9. The largest absolute Gasteiger partial charge is 0.394 e. The van der Waals surface area contributed by atoms with Crippen LogP contribution < -0.4 is 5.32 Å². The number of amides is 1. The van der Waals surface area contributed by atoms with E-state index in [0.717, 1.165) is 57.8 Å². The normalized spacial score (nSPS) is 28.6. The van der Waals surface area contributed by atoms with Gasteiger partial charge in [0.1, 0.15) is 48.8 Å². The van der Waals surface area contributed by atoms with Gasteiger partial charge in [0.25, 0.3) is 0 Å². The lowest BCUT2D eigenvalue weighted by Gasteiger charge is -2.46. The van der Waals surface area contributed by atoms with Gasteiger partial charge in [-0.1, -0.05) is 140 Å². The molecule has 14 heteroatoms. The molecular formula is C46H83NO13. The molecular weight excluding hydrogens is 774 g/mol. The second-order valence-corrected chi connectivity index (χ2v) is 16.5. The summed E-state index contributed by atoms with van der Waals surface area (Å²) in [6.07, 6.45) is 19.5. The summed E-state index contributed by atoms with van der Waals surface area (Å²) in [5.41, 5.74) is 0. The molecule has 0 aromatic heterocycles. The second kappa shape index (κ2) is 33.7. The molecule has 2 heterocycles. The molecule has 0 saturated carbocycles. The highest BCUT2D eigenvalue weighted by atomic mass is 16.7. The highest BCUT2D eigenvalue weighted by Gasteiger charge is 2.50. The number of nitrogens with one attached hydrogen (secondary N) is 1. The Kier molecular flexibility index (Phi) is 30.5. The van der Waals surface area contributed by atoms with Crippen LogP contribution in [0.25, 0.3) is 0 Å². The molecule has 12 atom stereocenters. The van der Waals surface area contributed by atoms with Gasteiger partial charge in [0.05, 0.1) is 32.0 Å². The van der Waals surface area contributed by atoms with Crippen molar-refractivity contribution >= 4 is 5.91 Å². The molecule has 0 radical (unpaired) electrons. The summed E-state index contributed by atoms with van der Waals surface area (Å²) in [6, 6.07) is -0.930. The highest BCUT2D eigenvalue weighted by Crippen LogP contribution is 2.30. The van der Waals surface area contributed by atoms with Crippen LogP contribution in [0.5, 0.6) is 0 Å². The van der Waals surface area contributed by atoms with Gasteiger partial charge in [0.15, 0.2) is 12.6 Å². The van der Waals surface area contributed by atoms with Crippen LogP contribution in [-0.4, -0.2) is 140 Å². The summed E-state index contributed by atoms with van der Waals surface area (Å²) in [6.45, 7) is 2.66. The summed E-state index contributed by atoms with van der Waals surface area (Å²) in [5.74, 6) is -0.265. The predicted molar refractivity (Wildman–Crippen MR) is 231 cm³/mol. The average Bonchev–Trinajstić information content (AvgIpc) is 3.24. The molecule has 2 fully saturated rings. The van der Waals surface area contributed by atoms with E-state index in [9.17, 15) is 45.6 Å². The van der Waals surface area contributed by atoms with Gasteiger partial charge >= 0.3 is 0 Å². The first-order valence-electron chi connectivity index (χ1n) is 23.2. The van der Waals surface area contributed by atoms with Gasteiger partial charge in [0.2, 0.25) is 5.91 Å². The van der Waals surface area contributed by atoms with E-state index in [4.69, 9.17) is 18.9 Å². The standard InChI is InChI=1S/C46H83NO13/c1-3-5-7-9-11-12-13-14-15-16-17-18-19-20-21-22-23-24-25-27-29-35(50)34(47-38(51)30-28-26-10-8-6-4-2)33-57-45-43(56)41(54)44(37(32-49)59-45)60-46-42(55)40(53)39(52)36(31-48)58-46/h18-19,22-23,27,29,34-37,39-46,48-50,52-56H,3-17,20-21,24-26,28,30-33H2,1-2H3,(H,47,51)/b19-18+,23-22+,29-27+. The summed E-state index contributed by atoms with van der Waals surface area (Å²) in [4.78, 5) is 12.9. The first-order valence-corrected chi connectivity index (χ1v) is 23.2. The van der Waals surface area contributed by atoms with Gasteiger partial charge < -0.3 is 65.1 Å². The Morgan fingerprint density at radius 1 is 0.583 bits per heavy atom. The van der Waals surface area contributed by atoms with E-state index in [1.54, 1.807) is 6.08 Å². The molecule has 0 aliphatic carbocycles. The minimum absolute atomic E-state index is 0.265. The Morgan fingerprint density at radius 2 is 1.07 bits per heavy atom. The van der Waals surface area contributed by atoms with Crippen molar-refractivity contribution in [2.24, 2.45) is 0 Å². The van der Waals surface area contributed by atoms with E-state index in [1.165, 1.54) is 64.2 Å². The third kappa shape index (κ3) is 21.5. The van der Waals surface area contributed by atoms with Gasteiger partial charge in [-0.25, -0.2) is 0 Å². The van der Waals surface area contributed by atoms with Crippen molar-refractivity contribution in [3.63, 3.8) is 0 Å². The van der Waals surface area contributed by atoms with Crippen LogP contribution in [0.4, 0.5) is 0 Å². The summed E-state index contributed by atoms with van der Waals surface area (Å²) in [7, 11) is 0. The summed E-state index contributed by atoms with van der Waals surface area (Å²) < 4.78 is 22.5. The minimum atomic E-state index is -1.79. The number of unbranched alkanes of at least 4 members (excludes halogenated alkanes) is 17. The number of aliphatic hydroxyl groups is 8. The zero-order valence-electron chi connectivity index (χ0n) is 36.7. The van der Waals surface area contributed by atoms with Gasteiger partial charge in [-0.05, 0) is 44.9 Å². The lowest BCUT2D eigenvalue weighted by molar-refractivity contribution is -0.359. The second-order valence-electron chi connectivity index (χ2n) is 16.5. The zero-order valence-corrected chi connectivity index (χ0v) is 36.7. The Labute approximate surface area is 360 Å². The lowest BCUT2D eigenvalue weighted by atomic mass is 9.97. The molecule has 350 valence electrons. The third-order valence-electron chi connectivity index (χ3n) is 11.3. The number of ether oxygens (including phenoxy) is 4. The molecule has 2 rings (SSSR count). The fourth-order valence-corrected chi connectivity index (χ4v) is 7.44. The van der Waals surface area contributed by atoms with Gasteiger partial charge in [-0.2, -0.15) is 0 Å². The molecule has 2 saturated heterocycles. The maximum Gasteiger partial charge on any atom is 0.220 e. The topological polar surface area (TPSA) is 228 Å². The summed E-state index contributed by atoms with van der Waals surface area (Å²) in [5, 5.41) is 86.2. The Balaban J connectivity index is 1.85. The molecule has 0 bridgehead atoms. The molecule has 9 N–H and O–H groups in total. The maximum absolute atomic E-state index is 12.9. The quantitative estimate of drug-likeness (QED) is 0.0315. The molecule has 1 amide bonds.